The van der Waals surface area contributed by atoms with Gasteiger partial charge < -0.3 is 18.9 Å². The first kappa shape index (κ1) is 26.3. The van der Waals surface area contributed by atoms with Crippen molar-refractivity contribution in [2.24, 2.45) is 11.8 Å². The molecule has 7 nitrogen and oxygen atoms in total. The van der Waals surface area contributed by atoms with Crippen molar-refractivity contribution in [1.29, 1.82) is 0 Å². The molecule has 0 aromatic carbocycles. The largest absolute Gasteiger partial charge is 0.463 e. The molecule has 0 aliphatic carbocycles. The second-order valence-corrected chi connectivity index (χ2v) is 5.52. The Bertz CT molecular complexity index is 407. The van der Waals surface area contributed by atoms with Gasteiger partial charge in [0.15, 0.2) is 0 Å². The van der Waals surface area contributed by atoms with Crippen molar-refractivity contribution < 1.29 is 33.3 Å². The van der Waals surface area contributed by atoms with E-state index in [1.54, 1.807) is 6.92 Å². The van der Waals surface area contributed by atoms with E-state index in [1.807, 2.05) is 27.7 Å². The van der Waals surface area contributed by atoms with Crippen molar-refractivity contribution in [3.8, 4) is 0 Å². The SMILES string of the molecule is C=CC(=O)OCCOC(=O)C(C)CC.CCOCCOC(=O)C(C)CC. The van der Waals surface area contributed by atoms with Crippen LogP contribution in [0.2, 0.25) is 0 Å². The smallest absolute Gasteiger partial charge is 0.330 e. The van der Waals surface area contributed by atoms with Gasteiger partial charge in [-0.05, 0) is 19.8 Å². The van der Waals surface area contributed by atoms with Gasteiger partial charge in [-0.25, -0.2) is 4.79 Å². The zero-order chi connectivity index (χ0) is 20.4. The molecular formula is C19H34O7. The highest BCUT2D eigenvalue weighted by molar-refractivity contribution is 5.81. The number of hydrogen-bond acceptors (Lipinski definition) is 7. The van der Waals surface area contributed by atoms with Crippen LogP contribution in [0.1, 0.15) is 47.5 Å². The fraction of sp³-hybridized carbons (Fsp3) is 0.737. The summed E-state index contributed by atoms with van der Waals surface area (Å²) in [7, 11) is 0. The molecule has 0 fully saturated rings. The first-order chi connectivity index (χ1) is 12.3. The maximum Gasteiger partial charge on any atom is 0.330 e. The number of esters is 3. The van der Waals surface area contributed by atoms with Crippen molar-refractivity contribution in [3.05, 3.63) is 12.7 Å². The highest BCUT2D eigenvalue weighted by Crippen LogP contribution is 2.03. The summed E-state index contributed by atoms with van der Waals surface area (Å²) in [5, 5.41) is 0. The molecule has 152 valence electrons. The Hall–Kier alpha value is -1.89. The average molecular weight is 374 g/mol. The first-order valence-corrected chi connectivity index (χ1v) is 9.03. The molecule has 0 rings (SSSR count). The Labute approximate surface area is 157 Å². The molecule has 0 heterocycles. The molecule has 0 aliphatic rings. The fourth-order valence-electron chi connectivity index (χ4n) is 1.31. The van der Waals surface area contributed by atoms with Crippen molar-refractivity contribution in [1.82, 2.24) is 0 Å². The predicted molar refractivity (Wildman–Crippen MR) is 98.5 cm³/mol. The van der Waals surface area contributed by atoms with Crippen LogP contribution in [-0.2, 0) is 33.3 Å². The molecular weight excluding hydrogens is 340 g/mol. The van der Waals surface area contributed by atoms with Gasteiger partial charge in [-0.3, -0.25) is 9.59 Å². The minimum atomic E-state index is -0.510. The van der Waals surface area contributed by atoms with E-state index in [-0.39, 0.29) is 37.0 Å². The van der Waals surface area contributed by atoms with E-state index in [0.717, 1.165) is 18.9 Å². The van der Waals surface area contributed by atoms with Gasteiger partial charge in [0.1, 0.15) is 19.8 Å². The monoisotopic (exact) mass is 374 g/mol. The van der Waals surface area contributed by atoms with Crippen LogP contribution in [-0.4, -0.2) is 50.9 Å². The highest BCUT2D eigenvalue weighted by atomic mass is 16.6. The zero-order valence-corrected chi connectivity index (χ0v) is 16.7. The number of carbonyl (C=O) groups is 3. The van der Waals surface area contributed by atoms with Crippen LogP contribution >= 0.6 is 0 Å². The highest BCUT2D eigenvalue weighted by Gasteiger charge is 2.11. The third-order valence-electron chi connectivity index (χ3n) is 3.44. The van der Waals surface area contributed by atoms with E-state index in [2.05, 4.69) is 11.3 Å². The van der Waals surface area contributed by atoms with E-state index >= 15 is 0 Å². The van der Waals surface area contributed by atoms with Gasteiger partial charge in [0.05, 0.1) is 18.4 Å². The normalized spacial score (nSPS) is 12.0. The minimum absolute atomic E-state index is 0.00614. The Kier molecular flexibility index (Phi) is 18.2. The molecule has 0 bridgehead atoms. The van der Waals surface area contributed by atoms with Gasteiger partial charge in [-0.2, -0.15) is 0 Å². The van der Waals surface area contributed by atoms with E-state index in [0.29, 0.717) is 19.8 Å². The van der Waals surface area contributed by atoms with Crippen LogP contribution in [0.4, 0.5) is 0 Å². The molecule has 0 aliphatic heterocycles. The van der Waals surface area contributed by atoms with Crippen molar-refractivity contribution in [2.45, 2.75) is 47.5 Å². The molecule has 0 aromatic heterocycles. The number of carbonyl (C=O) groups excluding carboxylic acids is 3. The lowest BCUT2D eigenvalue weighted by Gasteiger charge is -2.08. The first-order valence-electron chi connectivity index (χ1n) is 9.03. The molecule has 26 heavy (non-hydrogen) atoms. The number of rotatable bonds is 12. The summed E-state index contributed by atoms with van der Waals surface area (Å²) in [5.74, 6) is -0.999. The van der Waals surface area contributed by atoms with Crippen molar-refractivity contribution in [3.63, 3.8) is 0 Å². The quantitative estimate of drug-likeness (QED) is 0.225. The van der Waals surface area contributed by atoms with E-state index in [9.17, 15) is 14.4 Å². The summed E-state index contributed by atoms with van der Waals surface area (Å²) in [6.07, 6.45) is 2.63. The van der Waals surface area contributed by atoms with Gasteiger partial charge in [0.25, 0.3) is 0 Å². The summed E-state index contributed by atoms with van der Waals surface area (Å²) < 4.78 is 19.4. The maximum atomic E-state index is 11.1. The third-order valence-corrected chi connectivity index (χ3v) is 3.44. The molecule has 0 radical (unpaired) electrons. The van der Waals surface area contributed by atoms with Crippen LogP contribution in [0.25, 0.3) is 0 Å². The summed E-state index contributed by atoms with van der Waals surface area (Å²) >= 11 is 0. The standard InChI is InChI=1S/C10H16O4.C9H18O3/c1-4-8(3)10(12)14-7-6-13-9(11)5-2;1-4-8(3)9(10)12-7-6-11-5-2/h5,8H,2,4,6-7H2,1,3H3;8H,4-7H2,1-3H3. The Morgan fingerprint density at radius 3 is 1.62 bits per heavy atom. The number of hydrogen-bond donors (Lipinski definition) is 0. The summed E-state index contributed by atoms with van der Waals surface area (Å²) in [6.45, 7) is 14.4. The van der Waals surface area contributed by atoms with Crippen LogP contribution in [0.5, 0.6) is 0 Å². The van der Waals surface area contributed by atoms with E-state index in [4.69, 9.17) is 14.2 Å². The fourth-order valence-corrected chi connectivity index (χ4v) is 1.31. The molecule has 2 unspecified atom stereocenters. The second kappa shape index (κ2) is 17.9. The lowest BCUT2D eigenvalue weighted by molar-refractivity contribution is -0.152. The van der Waals surface area contributed by atoms with Gasteiger partial charge in [0.2, 0.25) is 0 Å². The summed E-state index contributed by atoms with van der Waals surface area (Å²) in [5.41, 5.74) is 0. The Morgan fingerprint density at radius 1 is 0.808 bits per heavy atom. The van der Waals surface area contributed by atoms with Crippen molar-refractivity contribution >= 4 is 17.9 Å². The van der Waals surface area contributed by atoms with Crippen LogP contribution < -0.4 is 0 Å². The molecule has 0 saturated carbocycles. The van der Waals surface area contributed by atoms with E-state index in [1.165, 1.54) is 0 Å². The predicted octanol–water partition coefficient (Wildman–Crippen LogP) is 2.92. The van der Waals surface area contributed by atoms with E-state index < -0.39 is 5.97 Å². The molecule has 0 saturated heterocycles. The van der Waals surface area contributed by atoms with Gasteiger partial charge in [0, 0.05) is 12.7 Å². The molecule has 7 heteroatoms. The van der Waals surface area contributed by atoms with Crippen LogP contribution in [0, 0.1) is 11.8 Å². The van der Waals surface area contributed by atoms with Gasteiger partial charge in [-0.1, -0.05) is 34.3 Å². The molecule has 0 aromatic rings. The van der Waals surface area contributed by atoms with Crippen LogP contribution in [0.15, 0.2) is 12.7 Å². The minimum Gasteiger partial charge on any atom is -0.463 e. The third kappa shape index (κ3) is 15.6. The molecule has 0 amide bonds. The molecule has 0 spiro atoms. The van der Waals surface area contributed by atoms with Crippen LogP contribution in [0.3, 0.4) is 0 Å². The average Bonchev–Trinajstić information content (AvgIpc) is 2.66. The van der Waals surface area contributed by atoms with Gasteiger partial charge in [-0.15, -0.1) is 0 Å². The molecule has 2 atom stereocenters. The topological polar surface area (TPSA) is 88.1 Å². The van der Waals surface area contributed by atoms with Crippen molar-refractivity contribution in [2.75, 3.05) is 33.0 Å². The Morgan fingerprint density at radius 2 is 1.23 bits per heavy atom. The zero-order valence-electron chi connectivity index (χ0n) is 16.7. The lowest BCUT2D eigenvalue weighted by Crippen LogP contribution is -2.17. The summed E-state index contributed by atoms with van der Waals surface area (Å²) in [4.78, 5) is 32.7. The molecule has 0 N–H and O–H groups in total. The maximum absolute atomic E-state index is 11.1. The summed E-state index contributed by atoms with van der Waals surface area (Å²) in [6, 6.07) is 0. The Balaban J connectivity index is 0. The lowest BCUT2D eigenvalue weighted by atomic mass is 10.1. The van der Waals surface area contributed by atoms with Gasteiger partial charge >= 0.3 is 17.9 Å². The number of ether oxygens (including phenoxy) is 4. The second-order valence-electron chi connectivity index (χ2n) is 5.52.